The summed E-state index contributed by atoms with van der Waals surface area (Å²) in [5.74, 6) is 0.358. The van der Waals surface area contributed by atoms with Gasteiger partial charge < -0.3 is 5.32 Å². The van der Waals surface area contributed by atoms with E-state index >= 15 is 0 Å². The Labute approximate surface area is 111 Å². The molecule has 0 spiro atoms. The number of alkyl halides is 2. The number of nitrogens with one attached hydrogen (secondary N) is 1. The van der Waals surface area contributed by atoms with Crippen molar-refractivity contribution in [2.45, 2.75) is 45.6 Å². The van der Waals surface area contributed by atoms with Crippen molar-refractivity contribution in [1.82, 2.24) is 15.1 Å². The van der Waals surface area contributed by atoms with Crippen LogP contribution in [0.5, 0.6) is 0 Å². The van der Waals surface area contributed by atoms with Crippen LogP contribution in [0.2, 0.25) is 0 Å². The molecule has 0 aliphatic heterocycles. The number of carbonyl (C=O) groups excluding carboxylic acids is 1. The van der Waals surface area contributed by atoms with Crippen molar-refractivity contribution < 1.29 is 13.6 Å². The fourth-order valence-corrected chi connectivity index (χ4v) is 1.84. The van der Waals surface area contributed by atoms with Crippen LogP contribution in [-0.4, -0.2) is 22.2 Å². The predicted octanol–water partition coefficient (Wildman–Crippen LogP) is 2.47. The van der Waals surface area contributed by atoms with Crippen LogP contribution in [-0.2, 0) is 11.3 Å². The zero-order valence-electron chi connectivity index (χ0n) is 11.2. The molecule has 0 saturated heterocycles. The highest BCUT2D eigenvalue weighted by Gasteiger charge is 2.29. The minimum Gasteiger partial charge on any atom is -0.354 e. The monoisotopic (exact) mass is 271 g/mol. The highest BCUT2D eigenvalue weighted by molar-refractivity contribution is 5.75. The van der Waals surface area contributed by atoms with Gasteiger partial charge in [0.15, 0.2) is 0 Å². The molecule has 1 aromatic rings. The van der Waals surface area contributed by atoms with Crippen LogP contribution in [0.15, 0.2) is 6.07 Å². The number of hydrogen-bond acceptors (Lipinski definition) is 2. The molecule has 1 saturated carbocycles. The molecule has 106 valence electrons. The first kappa shape index (κ1) is 14.0. The smallest absolute Gasteiger partial charge is 0.280 e. The Bertz CT molecular complexity index is 453. The van der Waals surface area contributed by atoms with Gasteiger partial charge in [0.2, 0.25) is 5.91 Å². The largest absolute Gasteiger partial charge is 0.354 e. The second-order valence-corrected chi connectivity index (χ2v) is 5.42. The van der Waals surface area contributed by atoms with E-state index in [9.17, 15) is 13.6 Å². The summed E-state index contributed by atoms with van der Waals surface area (Å²) in [5, 5.41) is 6.84. The summed E-state index contributed by atoms with van der Waals surface area (Å²) in [6.07, 6.45) is -0.601. The molecule has 0 radical (unpaired) electrons. The van der Waals surface area contributed by atoms with Crippen LogP contribution in [0.25, 0.3) is 0 Å². The number of nitrogens with zero attached hydrogens (tertiary/aromatic N) is 2. The van der Waals surface area contributed by atoms with E-state index in [0.717, 1.165) is 17.5 Å². The van der Waals surface area contributed by atoms with Crippen molar-refractivity contribution in [3.8, 4) is 0 Å². The minimum atomic E-state index is -2.60. The maximum absolute atomic E-state index is 12.9. The summed E-state index contributed by atoms with van der Waals surface area (Å²) in [7, 11) is 0. The number of aromatic nitrogens is 2. The van der Waals surface area contributed by atoms with Gasteiger partial charge in [-0.3, -0.25) is 9.48 Å². The van der Waals surface area contributed by atoms with E-state index in [1.54, 1.807) is 0 Å². The van der Waals surface area contributed by atoms with E-state index in [0.29, 0.717) is 24.1 Å². The van der Waals surface area contributed by atoms with Crippen molar-refractivity contribution in [2.75, 3.05) is 6.54 Å². The van der Waals surface area contributed by atoms with E-state index < -0.39 is 6.43 Å². The molecule has 1 aliphatic carbocycles. The molecule has 2 rings (SSSR count). The van der Waals surface area contributed by atoms with E-state index in [2.05, 4.69) is 10.4 Å². The van der Waals surface area contributed by atoms with Gasteiger partial charge in [0, 0.05) is 12.5 Å². The van der Waals surface area contributed by atoms with Crippen molar-refractivity contribution in [2.24, 2.45) is 5.92 Å². The molecular weight excluding hydrogens is 252 g/mol. The average Bonchev–Trinajstić information content (AvgIpc) is 3.08. The lowest BCUT2D eigenvalue weighted by Crippen LogP contribution is -2.31. The van der Waals surface area contributed by atoms with Gasteiger partial charge >= 0.3 is 0 Å². The third kappa shape index (κ3) is 3.75. The number of halogens is 2. The zero-order valence-corrected chi connectivity index (χ0v) is 11.2. The molecule has 1 amide bonds. The van der Waals surface area contributed by atoms with Crippen molar-refractivity contribution >= 4 is 5.91 Å². The van der Waals surface area contributed by atoms with Crippen molar-refractivity contribution in [3.63, 3.8) is 0 Å². The van der Waals surface area contributed by atoms with Gasteiger partial charge in [-0.1, -0.05) is 13.8 Å². The molecule has 1 heterocycles. The Hall–Kier alpha value is -1.46. The summed E-state index contributed by atoms with van der Waals surface area (Å²) < 4.78 is 26.9. The van der Waals surface area contributed by atoms with Crippen LogP contribution in [0, 0.1) is 5.92 Å². The van der Waals surface area contributed by atoms with Gasteiger partial charge in [0.1, 0.15) is 12.2 Å². The molecule has 0 bridgehead atoms. The molecule has 0 unspecified atom stereocenters. The van der Waals surface area contributed by atoms with Crippen LogP contribution in [0.1, 0.15) is 50.4 Å². The van der Waals surface area contributed by atoms with Crippen molar-refractivity contribution in [3.05, 3.63) is 17.5 Å². The molecule has 1 aromatic heterocycles. The fraction of sp³-hybridized carbons (Fsp3) is 0.692. The summed E-state index contributed by atoms with van der Waals surface area (Å²) in [6, 6.07) is 1.43. The quantitative estimate of drug-likeness (QED) is 0.864. The first-order chi connectivity index (χ1) is 8.97. The first-order valence-corrected chi connectivity index (χ1v) is 6.60. The molecule has 1 N–H and O–H groups in total. The van der Waals surface area contributed by atoms with E-state index in [-0.39, 0.29) is 18.1 Å². The van der Waals surface area contributed by atoms with E-state index in [1.807, 2.05) is 13.8 Å². The van der Waals surface area contributed by atoms with Crippen LogP contribution in [0.4, 0.5) is 8.78 Å². The van der Waals surface area contributed by atoms with Crippen LogP contribution >= 0.6 is 0 Å². The Balaban J connectivity index is 2.03. The Morgan fingerprint density at radius 1 is 1.53 bits per heavy atom. The average molecular weight is 271 g/mol. The Morgan fingerprint density at radius 2 is 2.21 bits per heavy atom. The molecule has 4 nitrogen and oxygen atoms in total. The van der Waals surface area contributed by atoms with Gasteiger partial charge in [0.05, 0.1) is 5.69 Å². The van der Waals surface area contributed by atoms with Crippen LogP contribution < -0.4 is 5.32 Å². The van der Waals surface area contributed by atoms with Gasteiger partial charge in [-0.25, -0.2) is 8.78 Å². The summed E-state index contributed by atoms with van der Waals surface area (Å²) in [6.45, 7) is 4.35. The Morgan fingerprint density at radius 3 is 2.74 bits per heavy atom. The lowest BCUT2D eigenvalue weighted by molar-refractivity contribution is -0.122. The summed E-state index contributed by atoms with van der Waals surface area (Å²) in [5.41, 5.74) is 0.522. The number of rotatable bonds is 6. The molecular formula is C13H19F2N3O. The van der Waals surface area contributed by atoms with E-state index in [4.69, 9.17) is 0 Å². The maximum Gasteiger partial charge on any atom is 0.280 e. The van der Waals surface area contributed by atoms with Gasteiger partial charge in [-0.15, -0.1) is 0 Å². The third-order valence-corrected chi connectivity index (χ3v) is 3.05. The maximum atomic E-state index is 12.9. The number of carbonyl (C=O) groups is 1. The highest BCUT2D eigenvalue weighted by atomic mass is 19.3. The van der Waals surface area contributed by atoms with Gasteiger partial charge in [0.25, 0.3) is 6.43 Å². The fourth-order valence-electron chi connectivity index (χ4n) is 1.84. The van der Waals surface area contributed by atoms with E-state index in [1.165, 1.54) is 6.07 Å². The normalized spacial score (nSPS) is 15.3. The zero-order chi connectivity index (χ0) is 14.0. The molecule has 0 atom stereocenters. The molecule has 1 fully saturated rings. The van der Waals surface area contributed by atoms with Crippen molar-refractivity contribution in [1.29, 1.82) is 0 Å². The second kappa shape index (κ2) is 5.67. The highest BCUT2D eigenvalue weighted by Crippen LogP contribution is 2.40. The minimum absolute atomic E-state index is 0.140. The lowest BCUT2D eigenvalue weighted by Gasteiger charge is -2.09. The van der Waals surface area contributed by atoms with Crippen LogP contribution in [0.3, 0.4) is 0 Å². The topological polar surface area (TPSA) is 46.9 Å². The number of amides is 1. The number of hydrogen-bond donors (Lipinski definition) is 1. The van der Waals surface area contributed by atoms with Gasteiger partial charge in [-0.2, -0.15) is 5.10 Å². The molecule has 6 heteroatoms. The molecule has 19 heavy (non-hydrogen) atoms. The summed E-state index contributed by atoms with van der Waals surface area (Å²) in [4.78, 5) is 11.7. The molecule has 0 aromatic carbocycles. The Kier molecular flexibility index (Phi) is 4.17. The second-order valence-electron chi connectivity index (χ2n) is 5.42. The summed E-state index contributed by atoms with van der Waals surface area (Å²) >= 11 is 0. The SMILES string of the molecule is CC(C)CNC(=O)Cn1nc(C2CC2)cc1C(F)F. The lowest BCUT2D eigenvalue weighted by atomic mass is 10.2. The first-order valence-electron chi connectivity index (χ1n) is 6.60. The third-order valence-electron chi connectivity index (χ3n) is 3.05. The molecule has 1 aliphatic rings. The van der Waals surface area contributed by atoms with Gasteiger partial charge in [-0.05, 0) is 24.8 Å². The predicted molar refractivity (Wildman–Crippen MR) is 67.0 cm³/mol. The standard InChI is InChI=1S/C13H19F2N3O/c1-8(2)6-16-12(19)7-18-11(13(14)15)5-10(17-18)9-3-4-9/h5,8-9,13H,3-4,6-7H2,1-2H3,(H,16,19).